The molecule has 0 radical (unpaired) electrons. The number of halogens is 2. The molecular formula is C7H7Cl2P3Zr. The zero-order valence-electron chi connectivity index (χ0n) is 6.67. The fourth-order valence-electron chi connectivity index (χ4n) is 0.967. The summed E-state index contributed by atoms with van der Waals surface area (Å²) < 4.78 is 3.57. The Morgan fingerprint density at radius 2 is 2.23 bits per heavy atom. The molecule has 0 nitrogen and oxygen atoms in total. The number of hydrogen-bond acceptors (Lipinski definition) is 0. The Balaban J connectivity index is 0.000000720. The van der Waals surface area contributed by atoms with Gasteiger partial charge in [-0.05, 0) is 0 Å². The molecule has 1 aliphatic carbocycles. The summed E-state index contributed by atoms with van der Waals surface area (Å²) in [5, 5.41) is 0. The fourth-order valence-corrected chi connectivity index (χ4v) is 14.9. The van der Waals surface area contributed by atoms with Gasteiger partial charge in [0.05, 0.1) is 0 Å². The Morgan fingerprint density at radius 3 is 2.77 bits per heavy atom. The summed E-state index contributed by atoms with van der Waals surface area (Å²) >= 11 is -0.262. The van der Waals surface area contributed by atoms with E-state index in [1.165, 1.54) is 6.42 Å². The molecule has 1 atom stereocenters. The van der Waals surface area contributed by atoms with Crippen molar-refractivity contribution in [3.05, 3.63) is 27.3 Å². The Labute approximate surface area is 107 Å². The maximum Gasteiger partial charge on any atom is -1.00 e. The molecule has 1 aromatic heterocycles. The van der Waals surface area contributed by atoms with Crippen LogP contribution in [0.2, 0.25) is 0 Å². The molecule has 0 spiro atoms. The van der Waals surface area contributed by atoms with Crippen LogP contribution in [0.25, 0.3) is 0 Å². The monoisotopic (exact) mass is 344 g/mol. The molecule has 0 bridgehead atoms. The average molecular weight is 346 g/mol. The fraction of sp³-hybridized carbons (Fsp3) is 0.143. The molecule has 0 N–H and O–H groups in total. The Hall–Kier alpha value is 1.58. The van der Waals surface area contributed by atoms with Crippen LogP contribution in [-0.2, 0) is 23.2 Å². The molecule has 1 heterocycles. The molecule has 1 unspecified atom stereocenters. The van der Waals surface area contributed by atoms with Crippen LogP contribution in [0, 0.1) is 0 Å². The SMILES string of the molecule is C1=CC[C]([Zr+2][c]2c[pH]pp2)=C1.[Cl-].[Cl-]. The van der Waals surface area contributed by atoms with Crippen LogP contribution in [0.4, 0.5) is 0 Å². The van der Waals surface area contributed by atoms with Gasteiger partial charge in [0.1, 0.15) is 0 Å². The number of hydrogen-bond donors (Lipinski definition) is 0. The van der Waals surface area contributed by atoms with Gasteiger partial charge in [-0.25, -0.2) is 0 Å². The van der Waals surface area contributed by atoms with E-state index in [0.29, 0.717) is 0 Å². The van der Waals surface area contributed by atoms with Crippen LogP contribution in [0.15, 0.2) is 27.3 Å². The van der Waals surface area contributed by atoms with Crippen molar-refractivity contribution in [2.75, 3.05) is 0 Å². The van der Waals surface area contributed by atoms with E-state index < -0.39 is 0 Å². The molecule has 13 heavy (non-hydrogen) atoms. The van der Waals surface area contributed by atoms with Crippen LogP contribution < -0.4 is 27.8 Å². The largest absolute Gasteiger partial charge is 1.00 e. The van der Waals surface area contributed by atoms with Crippen molar-refractivity contribution in [2.45, 2.75) is 6.42 Å². The smallest absolute Gasteiger partial charge is 1.00 e. The minimum atomic E-state index is -0.262. The van der Waals surface area contributed by atoms with Crippen molar-refractivity contribution < 1.29 is 48.0 Å². The summed E-state index contributed by atoms with van der Waals surface area (Å²) in [5.41, 5.74) is 0. The quantitative estimate of drug-likeness (QED) is 0.553. The van der Waals surface area contributed by atoms with Gasteiger partial charge in [-0.1, -0.05) is 0 Å². The molecule has 6 heteroatoms. The summed E-state index contributed by atoms with van der Waals surface area (Å²) in [6.07, 6.45) is 8.09. The van der Waals surface area contributed by atoms with E-state index in [1.54, 1.807) is 18.7 Å². The van der Waals surface area contributed by atoms with E-state index in [4.69, 9.17) is 0 Å². The van der Waals surface area contributed by atoms with Crippen LogP contribution in [0.1, 0.15) is 6.42 Å². The predicted octanol–water partition coefficient (Wildman–Crippen LogP) is -2.56. The Bertz CT molecular complexity index is 295. The second-order valence-corrected chi connectivity index (χ2v) is 12.1. The van der Waals surface area contributed by atoms with Crippen LogP contribution in [-0.4, -0.2) is 0 Å². The standard InChI is InChI=1S/C5H5.C2H2P3.2ClH.Zr/c2*1-2-4-5-3-1;;;/h1-3H,4H2;1,3H;2*1H;/q;;;;+2/p-2. The van der Waals surface area contributed by atoms with Crippen molar-refractivity contribution in [3.8, 4) is 0 Å². The van der Waals surface area contributed by atoms with E-state index in [2.05, 4.69) is 24.0 Å². The zero-order chi connectivity index (χ0) is 7.52. The van der Waals surface area contributed by atoms with Gasteiger partial charge in [-0.15, -0.1) is 0 Å². The molecule has 0 aliphatic heterocycles. The second kappa shape index (κ2) is 7.82. The minimum Gasteiger partial charge on any atom is -1.00 e. The molecule has 0 saturated carbocycles. The van der Waals surface area contributed by atoms with Gasteiger partial charge in [0.25, 0.3) is 0 Å². The van der Waals surface area contributed by atoms with E-state index >= 15 is 0 Å². The summed E-state index contributed by atoms with van der Waals surface area (Å²) in [6.45, 7) is 0. The van der Waals surface area contributed by atoms with Gasteiger partial charge in [0.2, 0.25) is 0 Å². The van der Waals surface area contributed by atoms with Crippen molar-refractivity contribution in [1.82, 2.24) is 0 Å². The normalized spacial score (nSPS) is 14.3. The molecule has 1 aromatic rings. The van der Waals surface area contributed by atoms with E-state index in [0.717, 1.165) is 7.87 Å². The van der Waals surface area contributed by atoms with Gasteiger partial charge in [0.15, 0.2) is 0 Å². The molecule has 68 valence electrons. The molecule has 0 aromatic carbocycles. The summed E-state index contributed by atoms with van der Waals surface area (Å²) in [5.74, 6) is 2.49. The molecular weight excluding hydrogens is 339 g/mol. The molecule has 0 fully saturated rings. The van der Waals surface area contributed by atoms with Crippen molar-refractivity contribution in [3.63, 3.8) is 0 Å². The first kappa shape index (κ1) is 14.6. The Kier molecular flexibility index (Phi) is 8.77. The maximum atomic E-state index is 2.49. The van der Waals surface area contributed by atoms with Crippen molar-refractivity contribution in [1.29, 1.82) is 0 Å². The second-order valence-electron chi connectivity index (χ2n) is 2.31. The molecule has 1 aliphatic rings. The van der Waals surface area contributed by atoms with Crippen LogP contribution >= 0.6 is 23.3 Å². The Morgan fingerprint density at radius 1 is 1.38 bits per heavy atom. The third kappa shape index (κ3) is 4.75. The van der Waals surface area contributed by atoms with Crippen LogP contribution in [0.3, 0.4) is 0 Å². The van der Waals surface area contributed by atoms with Crippen molar-refractivity contribution in [2.24, 2.45) is 0 Å². The molecule has 0 saturated heterocycles. The zero-order valence-corrected chi connectivity index (χ0v) is 13.4. The summed E-state index contributed by atoms with van der Waals surface area (Å²) in [4.78, 5) is 0. The first-order chi connectivity index (χ1) is 5.45. The average Bonchev–Trinajstić information content (AvgIpc) is 2.60. The topological polar surface area (TPSA) is 0 Å². The predicted molar refractivity (Wildman–Crippen MR) is 52.4 cm³/mol. The third-order valence-electron chi connectivity index (χ3n) is 1.48. The summed E-state index contributed by atoms with van der Waals surface area (Å²) in [7, 11) is 4.38. The third-order valence-corrected chi connectivity index (χ3v) is 12.6. The van der Waals surface area contributed by atoms with Crippen LogP contribution in [0.5, 0.6) is 0 Å². The number of allylic oxidation sites excluding steroid dienone is 4. The summed E-state index contributed by atoms with van der Waals surface area (Å²) in [6, 6.07) is 0. The van der Waals surface area contributed by atoms with Gasteiger partial charge in [-0.3, -0.25) is 0 Å². The van der Waals surface area contributed by atoms with E-state index in [9.17, 15) is 0 Å². The van der Waals surface area contributed by atoms with E-state index in [1.807, 2.05) is 3.00 Å². The first-order valence-electron chi connectivity index (χ1n) is 3.44. The van der Waals surface area contributed by atoms with Gasteiger partial charge in [0, 0.05) is 0 Å². The van der Waals surface area contributed by atoms with Gasteiger partial charge < -0.3 is 24.8 Å². The van der Waals surface area contributed by atoms with Gasteiger partial charge in [-0.2, -0.15) is 0 Å². The molecule has 2 rings (SSSR count). The van der Waals surface area contributed by atoms with Crippen molar-refractivity contribution >= 4 is 26.3 Å². The van der Waals surface area contributed by atoms with E-state index in [-0.39, 0.29) is 48.0 Å². The first-order valence-corrected chi connectivity index (χ1v) is 10.3. The maximum absolute atomic E-state index is 2.49. The minimum absolute atomic E-state index is 0. The molecule has 0 amide bonds. The van der Waals surface area contributed by atoms with Gasteiger partial charge >= 0.3 is 83.3 Å². The number of rotatable bonds is 2.